The van der Waals surface area contributed by atoms with Gasteiger partial charge < -0.3 is 4.74 Å². The van der Waals surface area contributed by atoms with Gasteiger partial charge in [-0.15, -0.1) is 6.58 Å². The quantitative estimate of drug-likeness (QED) is 0.432. The van der Waals surface area contributed by atoms with Gasteiger partial charge in [-0.25, -0.2) is 0 Å². The van der Waals surface area contributed by atoms with E-state index >= 15 is 0 Å². The average Bonchev–Trinajstić information content (AvgIpc) is 2.30. The van der Waals surface area contributed by atoms with Crippen molar-refractivity contribution in [1.29, 1.82) is 0 Å². The fraction of sp³-hybridized carbons (Fsp3) is 0.333. The normalized spacial score (nSPS) is 11.2. The van der Waals surface area contributed by atoms with E-state index in [2.05, 4.69) is 22.5 Å². The average molecular weight is 354 g/mol. The molecule has 0 spiro atoms. The molecule has 8 heteroatoms. The third kappa shape index (κ3) is 4.84. The monoisotopic (exact) mass is 353 g/mol. The summed E-state index contributed by atoms with van der Waals surface area (Å²) in [4.78, 5) is 10.3. The second-order valence-corrected chi connectivity index (χ2v) is 4.79. The molecule has 0 saturated carbocycles. The number of halogens is 4. The molecule has 0 radical (unpaired) electrons. The third-order valence-corrected chi connectivity index (χ3v) is 2.76. The van der Waals surface area contributed by atoms with Gasteiger partial charge in [0.2, 0.25) is 5.75 Å². The van der Waals surface area contributed by atoms with Crippen LogP contribution in [0.3, 0.4) is 0 Å². The van der Waals surface area contributed by atoms with Crippen LogP contribution < -0.4 is 4.74 Å². The Bertz CT molecular complexity index is 517. The predicted octanol–water partition coefficient (Wildman–Crippen LogP) is 4.42. The molecular weight excluding hydrogens is 343 g/mol. The molecule has 0 bridgehead atoms. The molecule has 0 unspecified atom stereocenters. The molecule has 0 aromatic heterocycles. The Hall–Kier alpha value is -1.57. The number of benzene rings is 1. The van der Waals surface area contributed by atoms with Gasteiger partial charge in [-0.1, -0.05) is 22.0 Å². The highest BCUT2D eigenvalue weighted by Gasteiger charge is 2.28. The van der Waals surface area contributed by atoms with Crippen LogP contribution in [0.25, 0.3) is 0 Å². The van der Waals surface area contributed by atoms with Gasteiger partial charge >= 0.3 is 11.9 Å². The first-order valence-electron chi connectivity index (χ1n) is 5.52. The Morgan fingerprint density at radius 1 is 1.45 bits per heavy atom. The second kappa shape index (κ2) is 6.74. The Morgan fingerprint density at radius 2 is 2.10 bits per heavy atom. The summed E-state index contributed by atoms with van der Waals surface area (Å²) in [6.07, 6.45) is -3.81. The molecule has 0 aliphatic carbocycles. The maximum absolute atomic E-state index is 12.1. The molecule has 1 rings (SSSR count). The first-order valence-corrected chi connectivity index (χ1v) is 6.31. The summed E-state index contributed by atoms with van der Waals surface area (Å²) in [5, 5.41) is 10.9. The van der Waals surface area contributed by atoms with E-state index in [4.69, 9.17) is 4.74 Å². The zero-order chi connectivity index (χ0) is 15.3. The van der Waals surface area contributed by atoms with Gasteiger partial charge in [-0.05, 0) is 12.5 Å². The van der Waals surface area contributed by atoms with Gasteiger partial charge in [0.25, 0.3) is 0 Å². The largest absolute Gasteiger partial charge is 0.486 e. The molecule has 20 heavy (non-hydrogen) atoms. The molecule has 0 heterocycles. The van der Waals surface area contributed by atoms with Crippen molar-refractivity contribution in [2.24, 2.45) is 0 Å². The lowest BCUT2D eigenvalue weighted by Gasteiger charge is -2.12. The SMILES string of the molecule is C=CCc1cc(Br)cc([N+](=O)[O-])c1OCCC(F)(F)F. The lowest BCUT2D eigenvalue weighted by atomic mass is 10.1. The standard InChI is InChI=1S/C12H11BrF3NO3/c1-2-3-8-6-9(13)7-10(17(18)19)11(8)20-5-4-12(14,15)16/h2,6-7H,1,3-5H2. The molecule has 0 saturated heterocycles. The number of hydrogen-bond acceptors (Lipinski definition) is 3. The summed E-state index contributed by atoms with van der Waals surface area (Å²) in [5.74, 6) is -0.151. The molecule has 0 atom stereocenters. The lowest BCUT2D eigenvalue weighted by Crippen LogP contribution is -2.14. The smallest absolute Gasteiger partial charge is 0.392 e. The Labute approximate surface area is 121 Å². The molecule has 1 aromatic carbocycles. The van der Waals surface area contributed by atoms with E-state index in [0.717, 1.165) is 0 Å². The Balaban J connectivity index is 3.06. The summed E-state index contributed by atoms with van der Waals surface area (Å²) in [6, 6.07) is 2.74. The number of allylic oxidation sites excluding steroid dienone is 1. The van der Waals surface area contributed by atoms with E-state index in [1.54, 1.807) is 6.07 Å². The number of rotatable bonds is 6. The highest BCUT2D eigenvalue weighted by atomic mass is 79.9. The van der Waals surface area contributed by atoms with Crippen LogP contribution >= 0.6 is 15.9 Å². The zero-order valence-corrected chi connectivity index (χ0v) is 11.8. The fourth-order valence-electron chi connectivity index (χ4n) is 1.51. The number of nitrogens with zero attached hydrogens (tertiary/aromatic N) is 1. The molecular formula is C12H11BrF3NO3. The van der Waals surface area contributed by atoms with E-state index < -0.39 is 24.1 Å². The van der Waals surface area contributed by atoms with Gasteiger partial charge in [0.15, 0.2) is 0 Å². The number of ether oxygens (including phenoxy) is 1. The lowest BCUT2D eigenvalue weighted by molar-refractivity contribution is -0.386. The van der Waals surface area contributed by atoms with Crippen LogP contribution in [-0.4, -0.2) is 17.7 Å². The first kappa shape index (κ1) is 16.5. The van der Waals surface area contributed by atoms with Crippen molar-refractivity contribution in [3.05, 3.63) is 44.9 Å². The van der Waals surface area contributed by atoms with E-state index in [-0.39, 0.29) is 17.9 Å². The molecule has 1 aromatic rings. The fourth-order valence-corrected chi connectivity index (χ4v) is 2.01. The highest BCUT2D eigenvalue weighted by molar-refractivity contribution is 9.10. The highest BCUT2D eigenvalue weighted by Crippen LogP contribution is 2.35. The summed E-state index contributed by atoms with van der Waals surface area (Å²) in [6.45, 7) is 2.83. The van der Waals surface area contributed by atoms with Gasteiger partial charge in [0.1, 0.15) is 0 Å². The van der Waals surface area contributed by atoms with E-state index in [9.17, 15) is 23.3 Å². The van der Waals surface area contributed by atoms with Crippen LogP contribution in [0.15, 0.2) is 29.3 Å². The summed E-state index contributed by atoms with van der Waals surface area (Å²) in [5.41, 5.74) is 0.0293. The van der Waals surface area contributed by atoms with Crippen LogP contribution in [0.2, 0.25) is 0 Å². The topological polar surface area (TPSA) is 52.4 Å². The van der Waals surface area contributed by atoms with Gasteiger partial charge in [-0.3, -0.25) is 10.1 Å². The minimum Gasteiger partial charge on any atom is -0.486 e. The maximum atomic E-state index is 12.1. The number of nitro groups is 1. The molecule has 0 aliphatic rings. The van der Waals surface area contributed by atoms with Crippen LogP contribution in [0.1, 0.15) is 12.0 Å². The number of nitro benzene ring substituents is 1. The van der Waals surface area contributed by atoms with E-state index in [0.29, 0.717) is 10.0 Å². The van der Waals surface area contributed by atoms with Crippen molar-refractivity contribution in [3.8, 4) is 5.75 Å². The summed E-state index contributed by atoms with van der Waals surface area (Å²) in [7, 11) is 0. The Kier molecular flexibility index (Phi) is 5.55. The molecule has 4 nitrogen and oxygen atoms in total. The van der Waals surface area contributed by atoms with Crippen LogP contribution in [-0.2, 0) is 6.42 Å². The molecule has 0 aliphatic heterocycles. The van der Waals surface area contributed by atoms with Crippen LogP contribution in [0, 0.1) is 10.1 Å². The van der Waals surface area contributed by atoms with Gasteiger partial charge in [0, 0.05) is 16.1 Å². The zero-order valence-electron chi connectivity index (χ0n) is 10.2. The second-order valence-electron chi connectivity index (χ2n) is 3.88. The van der Waals surface area contributed by atoms with Crippen molar-refractivity contribution in [3.63, 3.8) is 0 Å². The summed E-state index contributed by atoms with van der Waals surface area (Å²) < 4.78 is 41.7. The van der Waals surface area contributed by atoms with Crippen LogP contribution in [0.5, 0.6) is 5.75 Å². The van der Waals surface area contributed by atoms with Crippen molar-refractivity contribution in [2.45, 2.75) is 19.0 Å². The molecule has 0 amide bonds. The van der Waals surface area contributed by atoms with E-state index in [1.165, 1.54) is 12.1 Å². The molecule has 110 valence electrons. The molecule has 0 N–H and O–H groups in total. The Morgan fingerprint density at radius 3 is 2.60 bits per heavy atom. The minimum atomic E-state index is -4.37. The van der Waals surface area contributed by atoms with Crippen molar-refractivity contribution in [1.82, 2.24) is 0 Å². The van der Waals surface area contributed by atoms with Gasteiger partial charge in [-0.2, -0.15) is 13.2 Å². The minimum absolute atomic E-state index is 0.151. The van der Waals surface area contributed by atoms with Crippen molar-refractivity contribution in [2.75, 3.05) is 6.61 Å². The van der Waals surface area contributed by atoms with Crippen LogP contribution in [0.4, 0.5) is 18.9 Å². The number of hydrogen-bond donors (Lipinski definition) is 0. The third-order valence-electron chi connectivity index (χ3n) is 2.30. The van der Waals surface area contributed by atoms with Crippen molar-refractivity contribution < 1.29 is 22.8 Å². The summed E-state index contributed by atoms with van der Waals surface area (Å²) >= 11 is 3.11. The van der Waals surface area contributed by atoms with E-state index in [1.807, 2.05) is 0 Å². The number of alkyl halides is 3. The first-order chi connectivity index (χ1) is 9.24. The molecule has 0 fully saturated rings. The van der Waals surface area contributed by atoms with Gasteiger partial charge in [0.05, 0.1) is 18.0 Å². The maximum Gasteiger partial charge on any atom is 0.392 e. The van der Waals surface area contributed by atoms with Crippen molar-refractivity contribution >= 4 is 21.6 Å². The predicted molar refractivity (Wildman–Crippen MR) is 70.9 cm³/mol.